The van der Waals surface area contributed by atoms with E-state index in [0.29, 0.717) is 0 Å². The number of thioether (sulfide) groups is 2. The second-order valence-corrected chi connectivity index (χ2v) is 3.91. The van der Waals surface area contributed by atoms with Gasteiger partial charge in [-0.3, -0.25) is 0 Å². The topological polar surface area (TPSA) is 0 Å². The van der Waals surface area contributed by atoms with Gasteiger partial charge in [-0.2, -0.15) is 0 Å². The molecule has 0 saturated carbocycles. The highest BCUT2D eigenvalue weighted by atomic mass is 32.2. The lowest BCUT2D eigenvalue weighted by atomic mass is 10.6. The first-order chi connectivity index (χ1) is 3.43. The normalized spacial score (nSPS) is 21.3. The Morgan fingerprint density at radius 2 is 2.00 bits per heavy atom. The van der Waals surface area contributed by atoms with Crippen molar-refractivity contribution < 1.29 is 0 Å². The van der Waals surface area contributed by atoms with Crippen molar-refractivity contribution in [3.8, 4) is 0 Å². The van der Waals surface area contributed by atoms with Crippen LogP contribution in [0.25, 0.3) is 0 Å². The molecule has 0 unspecified atom stereocenters. The van der Waals surface area contributed by atoms with Crippen LogP contribution >= 0.6 is 23.5 Å². The highest BCUT2D eigenvalue weighted by molar-refractivity contribution is 8.22. The summed E-state index contributed by atoms with van der Waals surface area (Å²) in [5.41, 5.74) is 0. The van der Waals surface area contributed by atoms with E-state index in [1.165, 1.54) is 6.42 Å². The van der Waals surface area contributed by atoms with Crippen molar-refractivity contribution in [3.05, 3.63) is 10.8 Å². The van der Waals surface area contributed by atoms with Crippen LogP contribution in [0.3, 0.4) is 0 Å². The van der Waals surface area contributed by atoms with Gasteiger partial charge in [-0.15, -0.1) is 23.5 Å². The van der Waals surface area contributed by atoms with Crippen molar-refractivity contribution in [1.82, 2.24) is 0 Å². The van der Waals surface area contributed by atoms with Gasteiger partial charge in [-0.05, 0) is 17.2 Å². The molecule has 1 aliphatic heterocycles. The van der Waals surface area contributed by atoms with E-state index in [1.54, 1.807) is 0 Å². The quantitative estimate of drug-likeness (QED) is 0.538. The van der Waals surface area contributed by atoms with Gasteiger partial charge in [0.15, 0.2) is 0 Å². The third-order valence-corrected chi connectivity index (χ3v) is 3.55. The zero-order valence-corrected chi connectivity index (χ0v) is 5.89. The van der Waals surface area contributed by atoms with Gasteiger partial charge < -0.3 is 0 Å². The molecule has 0 N–H and O–H groups in total. The van der Waals surface area contributed by atoms with Gasteiger partial charge in [0.1, 0.15) is 0 Å². The van der Waals surface area contributed by atoms with Gasteiger partial charge in [0.25, 0.3) is 0 Å². The van der Waals surface area contributed by atoms with Crippen LogP contribution in [0.1, 0.15) is 13.3 Å². The maximum Gasteiger partial charge on any atom is 0.0582 e. The molecular weight excluding hydrogens is 124 g/mol. The molecule has 0 fully saturated rings. The molecule has 0 aromatic heterocycles. The summed E-state index contributed by atoms with van der Waals surface area (Å²) < 4.78 is 0.819. The van der Waals surface area contributed by atoms with Crippen LogP contribution in [0, 0.1) is 0 Å². The molecule has 0 aromatic carbocycles. The zero-order chi connectivity index (χ0) is 5.11. The highest BCUT2D eigenvalue weighted by Gasteiger charge is 2.06. The van der Waals surface area contributed by atoms with Crippen molar-refractivity contribution in [1.29, 1.82) is 0 Å². The molecule has 1 heterocycles. The van der Waals surface area contributed by atoms with Crippen LogP contribution in [0.15, 0.2) is 10.8 Å². The molecule has 7 heavy (non-hydrogen) atoms. The predicted molar refractivity (Wildman–Crippen MR) is 38.4 cm³/mol. The molecule has 2 heteroatoms. The van der Waals surface area contributed by atoms with E-state index in [0.717, 1.165) is 4.58 Å². The van der Waals surface area contributed by atoms with Crippen LogP contribution in [0.2, 0.25) is 0 Å². The molecule has 1 rings (SSSR count). The van der Waals surface area contributed by atoms with Crippen LogP contribution in [-0.2, 0) is 0 Å². The highest BCUT2D eigenvalue weighted by Crippen LogP contribution is 2.34. The first-order valence-corrected chi connectivity index (χ1v) is 4.28. The van der Waals surface area contributed by atoms with Crippen LogP contribution in [-0.4, -0.2) is 4.58 Å². The van der Waals surface area contributed by atoms with E-state index in [4.69, 9.17) is 0 Å². The molecule has 0 nitrogen and oxygen atoms in total. The molecule has 40 valence electrons. The van der Waals surface area contributed by atoms with E-state index in [2.05, 4.69) is 17.7 Å². The Bertz CT molecular complexity index is 70.1. The van der Waals surface area contributed by atoms with Crippen molar-refractivity contribution in [2.75, 3.05) is 0 Å². The minimum Gasteiger partial charge on any atom is -0.119 e. The number of hydrogen-bond acceptors (Lipinski definition) is 2. The summed E-state index contributed by atoms with van der Waals surface area (Å²) in [7, 11) is 0. The van der Waals surface area contributed by atoms with Crippen molar-refractivity contribution >= 4 is 23.5 Å². The Balaban J connectivity index is 2.22. The minimum atomic E-state index is 0.819. The molecule has 0 aromatic rings. The molecule has 0 radical (unpaired) electrons. The van der Waals surface area contributed by atoms with Crippen LogP contribution in [0.4, 0.5) is 0 Å². The molecule has 0 bridgehead atoms. The SMILES string of the molecule is CCC1SC=CS1. The Hall–Kier alpha value is 0.440. The average molecular weight is 132 g/mol. The lowest BCUT2D eigenvalue weighted by Crippen LogP contribution is -1.83. The van der Waals surface area contributed by atoms with Gasteiger partial charge in [0, 0.05) is 0 Å². The summed E-state index contributed by atoms with van der Waals surface area (Å²) in [4.78, 5) is 0. The van der Waals surface area contributed by atoms with E-state index in [9.17, 15) is 0 Å². The Labute approximate surface area is 52.7 Å². The molecule has 1 aliphatic rings. The maximum atomic E-state index is 2.22. The Morgan fingerprint density at radius 1 is 1.43 bits per heavy atom. The lowest BCUT2D eigenvalue weighted by molar-refractivity contribution is 1.06. The zero-order valence-electron chi connectivity index (χ0n) is 4.26. The van der Waals surface area contributed by atoms with E-state index in [-0.39, 0.29) is 0 Å². The number of rotatable bonds is 1. The molecule has 0 saturated heterocycles. The summed E-state index contributed by atoms with van der Waals surface area (Å²) in [6.07, 6.45) is 1.28. The Morgan fingerprint density at radius 3 is 2.29 bits per heavy atom. The van der Waals surface area contributed by atoms with Gasteiger partial charge in [0.05, 0.1) is 4.58 Å². The molecule has 0 amide bonds. The van der Waals surface area contributed by atoms with Crippen molar-refractivity contribution in [3.63, 3.8) is 0 Å². The smallest absolute Gasteiger partial charge is 0.0582 e. The fourth-order valence-corrected chi connectivity index (χ4v) is 2.35. The monoisotopic (exact) mass is 132 g/mol. The van der Waals surface area contributed by atoms with Crippen molar-refractivity contribution in [2.24, 2.45) is 0 Å². The largest absolute Gasteiger partial charge is 0.119 e. The standard InChI is InChI=1S/C5H8S2/c1-2-5-6-3-4-7-5/h3-5H,2H2,1H3. The van der Waals surface area contributed by atoms with Crippen molar-refractivity contribution in [2.45, 2.75) is 17.9 Å². The fraction of sp³-hybridized carbons (Fsp3) is 0.600. The van der Waals surface area contributed by atoms with E-state index in [1.807, 2.05) is 23.5 Å². The van der Waals surface area contributed by atoms with Gasteiger partial charge in [-0.1, -0.05) is 6.92 Å². The minimum absolute atomic E-state index is 0.819. The third kappa shape index (κ3) is 1.42. The second kappa shape index (κ2) is 2.68. The summed E-state index contributed by atoms with van der Waals surface area (Å²) in [6.45, 7) is 2.22. The Kier molecular flexibility index (Phi) is 2.13. The molecule has 0 atom stereocenters. The average Bonchev–Trinajstić information content (AvgIpc) is 2.14. The van der Waals surface area contributed by atoms with Gasteiger partial charge in [-0.25, -0.2) is 0 Å². The van der Waals surface area contributed by atoms with Gasteiger partial charge >= 0.3 is 0 Å². The van der Waals surface area contributed by atoms with Crippen LogP contribution < -0.4 is 0 Å². The van der Waals surface area contributed by atoms with Crippen LogP contribution in [0.5, 0.6) is 0 Å². The first kappa shape index (κ1) is 5.57. The lowest BCUT2D eigenvalue weighted by Gasteiger charge is -1.98. The maximum absolute atomic E-state index is 2.22. The summed E-state index contributed by atoms with van der Waals surface area (Å²) in [5, 5.41) is 4.33. The number of hydrogen-bond donors (Lipinski definition) is 0. The summed E-state index contributed by atoms with van der Waals surface area (Å²) in [6, 6.07) is 0. The molecule has 0 spiro atoms. The second-order valence-electron chi connectivity index (χ2n) is 1.38. The fourth-order valence-electron chi connectivity index (χ4n) is 0.464. The molecule has 0 aliphatic carbocycles. The predicted octanol–water partition coefficient (Wildman–Crippen LogP) is 2.67. The van der Waals surface area contributed by atoms with E-state index < -0.39 is 0 Å². The summed E-state index contributed by atoms with van der Waals surface area (Å²) >= 11 is 3.85. The molecular formula is C5H8S2. The van der Waals surface area contributed by atoms with E-state index >= 15 is 0 Å². The third-order valence-electron chi connectivity index (χ3n) is 0.850. The van der Waals surface area contributed by atoms with Gasteiger partial charge in [0.2, 0.25) is 0 Å². The first-order valence-electron chi connectivity index (χ1n) is 2.39. The summed E-state index contributed by atoms with van der Waals surface area (Å²) in [5.74, 6) is 0.